The number of benzene rings is 2. The van der Waals surface area contributed by atoms with Crippen molar-refractivity contribution in [2.75, 3.05) is 31.1 Å². The summed E-state index contributed by atoms with van der Waals surface area (Å²) in [7, 11) is 0. The highest BCUT2D eigenvalue weighted by Gasteiger charge is 2.17. The van der Waals surface area contributed by atoms with Gasteiger partial charge in [-0.05, 0) is 35.9 Å². The Morgan fingerprint density at radius 3 is 2.62 bits per heavy atom. The Labute approximate surface area is 141 Å². The molecule has 5 nitrogen and oxygen atoms in total. The van der Waals surface area contributed by atoms with E-state index in [4.69, 9.17) is 11.0 Å². The lowest BCUT2D eigenvalue weighted by atomic mass is 10.1. The minimum absolute atomic E-state index is 0.429. The predicted molar refractivity (Wildman–Crippen MR) is 92.4 cm³/mol. The maximum atomic E-state index is 11.1. The lowest BCUT2D eigenvalue weighted by Gasteiger charge is -2.36. The predicted octanol–water partition coefficient (Wildman–Crippen LogP) is 1.78. The van der Waals surface area contributed by atoms with Gasteiger partial charge in [0.05, 0.1) is 11.6 Å². The van der Waals surface area contributed by atoms with Gasteiger partial charge in [0, 0.05) is 50.0 Å². The fourth-order valence-corrected chi connectivity index (χ4v) is 2.91. The van der Waals surface area contributed by atoms with Crippen molar-refractivity contribution in [3.8, 4) is 6.07 Å². The van der Waals surface area contributed by atoms with Crippen molar-refractivity contribution in [3.05, 3.63) is 65.2 Å². The molecule has 0 bridgehead atoms. The first kappa shape index (κ1) is 16.0. The molecule has 121 valence electrons. The van der Waals surface area contributed by atoms with Gasteiger partial charge in [-0.2, -0.15) is 5.26 Å². The second-order valence-electron chi connectivity index (χ2n) is 5.90. The van der Waals surface area contributed by atoms with E-state index in [9.17, 15) is 4.79 Å². The number of anilines is 1. The zero-order valence-electron chi connectivity index (χ0n) is 13.4. The van der Waals surface area contributed by atoms with E-state index < -0.39 is 5.91 Å². The van der Waals surface area contributed by atoms with Crippen molar-refractivity contribution in [3.63, 3.8) is 0 Å². The molecule has 3 rings (SSSR count). The van der Waals surface area contributed by atoms with Crippen LogP contribution in [0.1, 0.15) is 21.5 Å². The molecule has 1 fully saturated rings. The lowest BCUT2D eigenvalue weighted by Crippen LogP contribution is -2.46. The second-order valence-corrected chi connectivity index (χ2v) is 5.90. The monoisotopic (exact) mass is 319 g/mol. The zero-order chi connectivity index (χ0) is 16.9. The normalized spacial score (nSPS) is 15.0. The minimum atomic E-state index is -0.429. The highest BCUT2D eigenvalue weighted by molar-refractivity contribution is 5.93. The van der Waals surface area contributed by atoms with E-state index in [1.807, 2.05) is 24.3 Å². The molecule has 0 atom stereocenters. The molecule has 0 aliphatic carbocycles. The average Bonchev–Trinajstić information content (AvgIpc) is 2.62. The number of amides is 1. The van der Waals surface area contributed by atoms with Crippen molar-refractivity contribution in [2.45, 2.75) is 6.54 Å². The molecule has 1 aliphatic heterocycles. The van der Waals surface area contributed by atoms with Crippen LogP contribution < -0.4 is 10.6 Å². The van der Waals surface area contributed by atoms with E-state index in [0.29, 0.717) is 11.1 Å². The fourth-order valence-electron chi connectivity index (χ4n) is 2.91. The number of piperazine rings is 1. The molecule has 5 heteroatoms. The third kappa shape index (κ3) is 3.73. The van der Waals surface area contributed by atoms with Crippen molar-refractivity contribution < 1.29 is 4.79 Å². The summed E-state index contributed by atoms with van der Waals surface area (Å²) >= 11 is 0. The number of nitrogens with two attached hydrogens (primary N) is 1. The van der Waals surface area contributed by atoms with Gasteiger partial charge in [0.25, 0.3) is 0 Å². The highest BCUT2D eigenvalue weighted by Crippen LogP contribution is 2.18. The topological polar surface area (TPSA) is 73.4 Å². The Morgan fingerprint density at radius 2 is 2.00 bits per heavy atom. The van der Waals surface area contributed by atoms with Crippen LogP contribution in [0, 0.1) is 17.4 Å². The van der Waals surface area contributed by atoms with Gasteiger partial charge in [-0.1, -0.05) is 12.1 Å². The summed E-state index contributed by atoms with van der Waals surface area (Å²) in [4.78, 5) is 15.7. The minimum Gasteiger partial charge on any atom is -0.368 e. The van der Waals surface area contributed by atoms with E-state index in [2.05, 4.69) is 28.0 Å². The molecule has 0 spiro atoms. The molecular formula is C19H19N4O. The molecule has 1 amide bonds. The number of carbonyl (C=O) groups excluding carboxylic acids is 1. The molecule has 2 aromatic rings. The van der Waals surface area contributed by atoms with Gasteiger partial charge in [0.15, 0.2) is 0 Å². The number of nitriles is 1. The summed E-state index contributed by atoms with van der Waals surface area (Å²) in [5, 5.41) is 8.98. The molecule has 0 aromatic heterocycles. The summed E-state index contributed by atoms with van der Waals surface area (Å²) < 4.78 is 0. The number of nitrogens with zero attached hydrogens (tertiary/aromatic N) is 3. The quantitative estimate of drug-likeness (QED) is 0.932. The van der Waals surface area contributed by atoms with Gasteiger partial charge < -0.3 is 10.6 Å². The lowest BCUT2D eigenvalue weighted by molar-refractivity contribution is 0.100. The molecule has 1 saturated heterocycles. The Morgan fingerprint density at radius 1 is 1.21 bits per heavy atom. The van der Waals surface area contributed by atoms with E-state index in [1.54, 1.807) is 12.1 Å². The molecule has 1 heterocycles. The maximum absolute atomic E-state index is 11.1. The number of primary amides is 1. The zero-order valence-corrected chi connectivity index (χ0v) is 13.4. The van der Waals surface area contributed by atoms with Crippen LogP contribution in [-0.4, -0.2) is 37.0 Å². The molecule has 2 aromatic carbocycles. The first-order valence-electron chi connectivity index (χ1n) is 7.93. The van der Waals surface area contributed by atoms with Crippen molar-refractivity contribution >= 4 is 11.6 Å². The highest BCUT2D eigenvalue weighted by atomic mass is 16.1. The molecule has 0 unspecified atom stereocenters. The van der Waals surface area contributed by atoms with Crippen molar-refractivity contribution in [1.82, 2.24) is 4.90 Å². The maximum Gasteiger partial charge on any atom is 0.248 e. The molecule has 1 aliphatic rings. The first-order chi connectivity index (χ1) is 11.7. The van der Waals surface area contributed by atoms with E-state index in [-0.39, 0.29) is 0 Å². The molecule has 24 heavy (non-hydrogen) atoms. The molecule has 0 saturated carbocycles. The van der Waals surface area contributed by atoms with Crippen LogP contribution in [0.5, 0.6) is 0 Å². The second kappa shape index (κ2) is 7.16. The van der Waals surface area contributed by atoms with Gasteiger partial charge in [0.2, 0.25) is 5.91 Å². The fraction of sp³-hybridized carbons (Fsp3) is 0.263. The Balaban J connectivity index is 1.57. The van der Waals surface area contributed by atoms with Gasteiger partial charge in [-0.15, -0.1) is 0 Å². The Hall–Kier alpha value is -2.84. The Kier molecular flexibility index (Phi) is 4.78. The SMILES string of the molecule is N#Cc1cccc(CN2CCN(c3[c]cc(C(N)=O)cc3)CC2)c1. The average molecular weight is 319 g/mol. The summed E-state index contributed by atoms with van der Waals surface area (Å²) in [5.74, 6) is -0.429. The number of hydrogen-bond donors (Lipinski definition) is 1. The van der Waals surface area contributed by atoms with Crippen LogP contribution in [0.25, 0.3) is 0 Å². The van der Waals surface area contributed by atoms with Gasteiger partial charge >= 0.3 is 0 Å². The molecule has 1 radical (unpaired) electrons. The first-order valence-corrected chi connectivity index (χ1v) is 7.93. The number of rotatable bonds is 4. The van der Waals surface area contributed by atoms with Crippen LogP contribution in [0.2, 0.25) is 0 Å². The van der Waals surface area contributed by atoms with Crippen LogP contribution in [0.4, 0.5) is 5.69 Å². The van der Waals surface area contributed by atoms with E-state index >= 15 is 0 Å². The summed E-state index contributed by atoms with van der Waals surface area (Å²) in [6.07, 6.45) is 0. The summed E-state index contributed by atoms with van der Waals surface area (Å²) in [6, 6.07) is 18.4. The largest absolute Gasteiger partial charge is 0.368 e. The number of carbonyl (C=O) groups is 1. The summed E-state index contributed by atoms with van der Waals surface area (Å²) in [5.41, 5.74) is 8.60. The summed E-state index contributed by atoms with van der Waals surface area (Å²) in [6.45, 7) is 4.56. The van der Waals surface area contributed by atoms with Crippen LogP contribution in [-0.2, 0) is 6.54 Å². The van der Waals surface area contributed by atoms with Gasteiger partial charge in [-0.25, -0.2) is 0 Å². The Bertz CT molecular complexity index is 756. The van der Waals surface area contributed by atoms with Crippen LogP contribution in [0.15, 0.2) is 42.5 Å². The van der Waals surface area contributed by atoms with E-state index in [0.717, 1.165) is 38.4 Å². The third-order valence-corrected chi connectivity index (χ3v) is 4.26. The smallest absolute Gasteiger partial charge is 0.248 e. The van der Waals surface area contributed by atoms with Crippen molar-refractivity contribution in [1.29, 1.82) is 5.26 Å². The molecular weight excluding hydrogens is 300 g/mol. The standard InChI is InChI=1S/C19H19N4O/c20-13-15-2-1-3-16(12-15)14-22-8-10-23(11-9-22)18-6-4-17(5-7-18)19(21)24/h1-6,12H,8-11,14H2,(H2,21,24). The number of hydrogen-bond acceptors (Lipinski definition) is 4. The van der Waals surface area contributed by atoms with Crippen LogP contribution >= 0.6 is 0 Å². The third-order valence-electron chi connectivity index (χ3n) is 4.26. The van der Waals surface area contributed by atoms with Gasteiger partial charge in [-0.3, -0.25) is 9.69 Å². The van der Waals surface area contributed by atoms with E-state index in [1.165, 1.54) is 5.56 Å². The van der Waals surface area contributed by atoms with Gasteiger partial charge in [0.1, 0.15) is 0 Å². The molecule has 2 N–H and O–H groups in total. The van der Waals surface area contributed by atoms with Crippen LogP contribution in [0.3, 0.4) is 0 Å². The van der Waals surface area contributed by atoms with Crippen molar-refractivity contribution in [2.24, 2.45) is 5.73 Å².